The van der Waals surface area contributed by atoms with E-state index in [1.165, 1.54) is 32.1 Å². The fourth-order valence-corrected chi connectivity index (χ4v) is 1.88. The van der Waals surface area contributed by atoms with E-state index in [9.17, 15) is 0 Å². The summed E-state index contributed by atoms with van der Waals surface area (Å²) in [4.78, 5) is 0. The van der Waals surface area contributed by atoms with Crippen LogP contribution < -0.4 is 0 Å². The van der Waals surface area contributed by atoms with Crippen molar-refractivity contribution in [2.45, 2.75) is 52.9 Å². The maximum atomic E-state index is 3.91. The van der Waals surface area contributed by atoms with Crippen LogP contribution in [0.25, 0.3) is 0 Å². The third-order valence-electron chi connectivity index (χ3n) is 2.83. The number of allylic oxidation sites excluding steroid dienone is 1. The molecular formula is C12H24. The van der Waals surface area contributed by atoms with E-state index in [1.54, 1.807) is 0 Å². The van der Waals surface area contributed by atoms with Crippen molar-refractivity contribution in [1.82, 2.24) is 0 Å². The van der Waals surface area contributed by atoms with Crippen LogP contribution in [-0.4, -0.2) is 0 Å². The first-order valence-corrected chi connectivity index (χ1v) is 5.42. The SMILES string of the molecule is C=CC(CC)C(CC)CCCC. The second kappa shape index (κ2) is 7.39. The summed E-state index contributed by atoms with van der Waals surface area (Å²) < 4.78 is 0. The Hall–Kier alpha value is -0.260. The van der Waals surface area contributed by atoms with Gasteiger partial charge in [0.05, 0.1) is 0 Å². The van der Waals surface area contributed by atoms with E-state index in [0.29, 0.717) is 0 Å². The number of rotatable bonds is 7. The summed E-state index contributed by atoms with van der Waals surface area (Å²) in [7, 11) is 0. The molecule has 0 aliphatic rings. The molecule has 0 radical (unpaired) electrons. The zero-order chi connectivity index (χ0) is 9.40. The minimum absolute atomic E-state index is 0.751. The molecule has 0 amide bonds. The Balaban J connectivity index is 3.83. The zero-order valence-corrected chi connectivity index (χ0v) is 8.97. The molecule has 0 aromatic rings. The van der Waals surface area contributed by atoms with Crippen LogP contribution in [0.5, 0.6) is 0 Å². The molecule has 0 saturated heterocycles. The van der Waals surface area contributed by atoms with Gasteiger partial charge in [0.1, 0.15) is 0 Å². The van der Waals surface area contributed by atoms with E-state index in [0.717, 1.165) is 11.8 Å². The molecule has 0 fully saturated rings. The minimum Gasteiger partial charge on any atom is -0.103 e. The summed E-state index contributed by atoms with van der Waals surface area (Å²) in [5.74, 6) is 1.63. The Morgan fingerprint density at radius 3 is 2.17 bits per heavy atom. The van der Waals surface area contributed by atoms with Crippen LogP contribution in [-0.2, 0) is 0 Å². The van der Waals surface area contributed by atoms with Crippen molar-refractivity contribution in [2.24, 2.45) is 11.8 Å². The molecule has 0 rings (SSSR count). The van der Waals surface area contributed by atoms with Crippen LogP contribution in [0.1, 0.15) is 52.9 Å². The molecular weight excluding hydrogens is 144 g/mol. The van der Waals surface area contributed by atoms with Gasteiger partial charge in [-0.15, -0.1) is 6.58 Å². The lowest BCUT2D eigenvalue weighted by Crippen LogP contribution is -2.10. The quantitative estimate of drug-likeness (QED) is 0.494. The summed E-state index contributed by atoms with van der Waals surface area (Å²) in [6.45, 7) is 10.7. The molecule has 0 aromatic carbocycles. The highest BCUT2D eigenvalue weighted by atomic mass is 14.2. The molecule has 2 atom stereocenters. The molecule has 2 unspecified atom stereocenters. The molecule has 0 N–H and O–H groups in total. The van der Waals surface area contributed by atoms with Crippen molar-refractivity contribution in [3.05, 3.63) is 12.7 Å². The lowest BCUT2D eigenvalue weighted by atomic mass is 9.84. The second-order valence-electron chi connectivity index (χ2n) is 3.62. The van der Waals surface area contributed by atoms with Gasteiger partial charge < -0.3 is 0 Å². The van der Waals surface area contributed by atoms with E-state index in [2.05, 4.69) is 33.4 Å². The minimum atomic E-state index is 0.751. The first-order valence-electron chi connectivity index (χ1n) is 5.42. The van der Waals surface area contributed by atoms with Gasteiger partial charge in [-0.25, -0.2) is 0 Å². The third-order valence-corrected chi connectivity index (χ3v) is 2.83. The largest absolute Gasteiger partial charge is 0.103 e. The first kappa shape index (κ1) is 11.7. The first-order chi connectivity index (χ1) is 5.79. The molecule has 0 saturated carbocycles. The molecule has 0 aromatic heterocycles. The molecule has 0 heteroatoms. The highest BCUT2D eigenvalue weighted by Gasteiger charge is 2.13. The van der Waals surface area contributed by atoms with E-state index in [4.69, 9.17) is 0 Å². The highest BCUT2D eigenvalue weighted by Crippen LogP contribution is 2.25. The molecule has 0 aliphatic carbocycles. The van der Waals surface area contributed by atoms with Crippen LogP contribution in [0.4, 0.5) is 0 Å². The Morgan fingerprint density at radius 2 is 1.83 bits per heavy atom. The van der Waals surface area contributed by atoms with Gasteiger partial charge in [0.25, 0.3) is 0 Å². The maximum Gasteiger partial charge on any atom is -0.0211 e. The van der Waals surface area contributed by atoms with Crippen LogP contribution in [0.3, 0.4) is 0 Å². The van der Waals surface area contributed by atoms with E-state index >= 15 is 0 Å². The third kappa shape index (κ3) is 3.94. The van der Waals surface area contributed by atoms with Crippen molar-refractivity contribution < 1.29 is 0 Å². The van der Waals surface area contributed by atoms with Gasteiger partial charge in [0.15, 0.2) is 0 Å². The van der Waals surface area contributed by atoms with Crippen molar-refractivity contribution in [1.29, 1.82) is 0 Å². The van der Waals surface area contributed by atoms with E-state index < -0.39 is 0 Å². The predicted octanol–water partition coefficient (Wildman–Crippen LogP) is 4.42. The van der Waals surface area contributed by atoms with Crippen molar-refractivity contribution in [2.75, 3.05) is 0 Å². The van der Waals surface area contributed by atoms with Crippen LogP contribution in [0, 0.1) is 11.8 Å². The fraction of sp³-hybridized carbons (Fsp3) is 0.833. The Morgan fingerprint density at radius 1 is 1.17 bits per heavy atom. The van der Waals surface area contributed by atoms with Crippen molar-refractivity contribution in [3.8, 4) is 0 Å². The summed E-state index contributed by atoms with van der Waals surface area (Å²) in [5.41, 5.74) is 0. The van der Waals surface area contributed by atoms with E-state index in [1.807, 2.05) is 0 Å². The van der Waals surface area contributed by atoms with Gasteiger partial charge in [0, 0.05) is 0 Å². The second-order valence-corrected chi connectivity index (χ2v) is 3.62. The van der Waals surface area contributed by atoms with Crippen molar-refractivity contribution >= 4 is 0 Å². The van der Waals surface area contributed by atoms with Gasteiger partial charge in [-0.3, -0.25) is 0 Å². The van der Waals surface area contributed by atoms with Gasteiger partial charge in [0.2, 0.25) is 0 Å². The standard InChI is InChI=1S/C12H24/c1-5-9-10-12(8-4)11(6-2)7-3/h6,11-12H,2,5,7-10H2,1,3-4H3. The van der Waals surface area contributed by atoms with Gasteiger partial charge in [-0.05, 0) is 24.7 Å². The van der Waals surface area contributed by atoms with Crippen LogP contribution in [0.15, 0.2) is 12.7 Å². The Kier molecular flexibility index (Phi) is 7.23. The lowest BCUT2D eigenvalue weighted by molar-refractivity contribution is 0.341. The molecule has 72 valence electrons. The van der Waals surface area contributed by atoms with E-state index in [-0.39, 0.29) is 0 Å². The Labute approximate surface area is 78.1 Å². The maximum absolute atomic E-state index is 3.91. The topological polar surface area (TPSA) is 0 Å². The average Bonchev–Trinajstić information content (AvgIpc) is 2.12. The monoisotopic (exact) mass is 168 g/mol. The van der Waals surface area contributed by atoms with Crippen LogP contribution in [0.2, 0.25) is 0 Å². The zero-order valence-electron chi connectivity index (χ0n) is 8.97. The molecule has 12 heavy (non-hydrogen) atoms. The summed E-state index contributed by atoms with van der Waals surface area (Å²) >= 11 is 0. The lowest BCUT2D eigenvalue weighted by Gasteiger charge is -2.21. The van der Waals surface area contributed by atoms with Gasteiger partial charge in [-0.2, -0.15) is 0 Å². The Bertz CT molecular complexity index is 105. The number of unbranched alkanes of at least 4 members (excludes halogenated alkanes) is 1. The molecule has 0 spiro atoms. The summed E-state index contributed by atoms with van der Waals surface area (Å²) in [6, 6.07) is 0. The van der Waals surface area contributed by atoms with Gasteiger partial charge in [-0.1, -0.05) is 46.1 Å². The van der Waals surface area contributed by atoms with Crippen LogP contribution >= 0.6 is 0 Å². The van der Waals surface area contributed by atoms with Crippen molar-refractivity contribution in [3.63, 3.8) is 0 Å². The molecule has 0 heterocycles. The summed E-state index contributed by atoms with van der Waals surface area (Å²) in [6.07, 6.45) is 8.80. The predicted molar refractivity (Wildman–Crippen MR) is 57.3 cm³/mol. The highest BCUT2D eigenvalue weighted by molar-refractivity contribution is 4.83. The normalized spacial score (nSPS) is 15.6. The molecule has 0 nitrogen and oxygen atoms in total. The fourth-order valence-electron chi connectivity index (χ4n) is 1.88. The molecule has 0 bridgehead atoms. The number of hydrogen-bond acceptors (Lipinski definition) is 0. The summed E-state index contributed by atoms with van der Waals surface area (Å²) in [5, 5.41) is 0. The average molecular weight is 168 g/mol. The van der Waals surface area contributed by atoms with Gasteiger partial charge >= 0.3 is 0 Å². The smallest absolute Gasteiger partial charge is 0.0211 e. The molecule has 0 aliphatic heterocycles. The number of hydrogen-bond donors (Lipinski definition) is 0.